The Morgan fingerprint density at radius 3 is 2.83 bits per heavy atom. The molecule has 3 heterocycles. The highest BCUT2D eigenvalue weighted by atomic mass is 19.3. The average Bonchev–Trinajstić information content (AvgIpc) is 3.44. The number of alkyl halides is 2. The number of aromatic nitrogens is 2. The smallest absolute Gasteiger partial charge is 0.310 e. The van der Waals surface area contributed by atoms with Gasteiger partial charge in [0, 0.05) is 28.5 Å². The van der Waals surface area contributed by atoms with Gasteiger partial charge in [0.2, 0.25) is 0 Å². The van der Waals surface area contributed by atoms with Crippen molar-refractivity contribution in [3.63, 3.8) is 0 Å². The molecule has 35 heavy (non-hydrogen) atoms. The molecule has 2 aromatic carbocycles. The van der Waals surface area contributed by atoms with Crippen LogP contribution in [-0.4, -0.2) is 34.4 Å². The van der Waals surface area contributed by atoms with Crippen molar-refractivity contribution in [1.29, 1.82) is 0 Å². The Labute approximate surface area is 202 Å². The van der Waals surface area contributed by atoms with Crippen LogP contribution in [0.25, 0.3) is 16.5 Å². The Bertz CT molecular complexity index is 1370. The standard InChI is InChI=1S/C27H27F2N3O3/c1-14(18-4-3-5-22-25(18)35-13-27(22,28)29)30-26-21-12-20(16-6-8-17(33)9-7-16)24-19(10-11-34-24)23(21)31-15(2)32-26/h3-6,12,14,17,33H,7-11,13H2,1-2H3,(H,30,31,32)/t14-,17?/m1/s1. The highest BCUT2D eigenvalue weighted by Crippen LogP contribution is 2.46. The number of benzene rings is 2. The minimum atomic E-state index is -2.99. The maximum Gasteiger partial charge on any atom is 0.310 e. The molecule has 0 spiro atoms. The van der Waals surface area contributed by atoms with Crippen molar-refractivity contribution in [2.45, 2.75) is 57.6 Å². The summed E-state index contributed by atoms with van der Waals surface area (Å²) >= 11 is 0. The average molecular weight is 480 g/mol. The summed E-state index contributed by atoms with van der Waals surface area (Å²) in [6.45, 7) is 3.73. The topological polar surface area (TPSA) is 76.5 Å². The predicted octanol–water partition coefficient (Wildman–Crippen LogP) is 5.46. The zero-order valence-electron chi connectivity index (χ0n) is 19.7. The second kappa shape index (κ2) is 8.16. The number of hydrogen-bond acceptors (Lipinski definition) is 6. The van der Waals surface area contributed by atoms with Crippen LogP contribution < -0.4 is 14.8 Å². The molecule has 182 valence electrons. The summed E-state index contributed by atoms with van der Waals surface area (Å²) in [7, 11) is 0. The quantitative estimate of drug-likeness (QED) is 0.518. The number of nitrogens with zero attached hydrogens (tertiary/aromatic N) is 2. The van der Waals surface area contributed by atoms with E-state index >= 15 is 0 Å². The van der Waals surface area contributed by atoms with Crippen LogP contribution in [0.15, 0.2) is 30.3 Å². The Hall–Kier alpha value is -3.26. The summed E-state index contributed by atoms with van der Waals surface area (Å²) in [6, 6.07) is 6.62. The van der Waals surface area contributed by atoms with Crippen molar-refractivity contribution in [2.24, 2.45) is 0 Å². The Balaban J connectivity index is 1.45. The van der Waals surface area contributed by atoms with Gasteiger partial charge in [-0.2, -0.15) is 8.78 Å². The third-order valence-corrected chi connectivity index (χ3v) is 7.14. The van der Waals surface area contributed by atoms with Gasteiger partial charge in [-0.3, -0.25) is 0 Å². The third kappa shape index (κ3) is 3.71. The van der Waals surface area contributed by atoms with Crippen LogP contribution >= 0.6 is 0 Å². The molecule has 3 aliphatic rings. The predicted molar refractivity (Wildman–Crippen MR) is 129 cm³/mol. The lowest BCUT2D eigenvalue weighted by Gasteiger charge is -2.22. The van der Waals surface area contributed by atoms with E-state index in [4.69, 9.17) is 19.4 Å². The first kappa shape index (κ1) is 22.2. The molecule has 6 nitrogen and oxygen atoms in total. The number of aliphatic hydroxyl groups is 1. The zero-order chi connectivity index (χ0) is 24.3. The summed E-state index contributed by atoms with van der Waals surface area (Å²) in [5.41, 5.74) is 4.68. The van der Waals surface area contributed by atoms with Crippen LogP contribution in [-0.2, 0) is 12.3 Å². The fourth-order valence-electron chi connectivity index (χ4n) is 5.36. The number of para-hydroxylation sites is 1. The van der Waals surface area contributed by atoms with E-state index in [0.717, 1.165) is 52.6 Å². The number of allylic oxidation sites excluding steroid dienone is 1. The first-order valence-electron chi connectivity index (χ1n) is 12.1. The molecule has 2 atom stereocenters. The van der Waals surface area contributed by atoms with Gasteiger partial charge in [-0.25, -0.2) is 9.97 Å². The second-order valence-electron chi connectivity index (χ2n) is 9.59. The maximum atomic E-state index is 14.2. The van der Waals surface area contributed by atoms with Crippen molar-refractivity contribution < 1.29 is 23.4 Å². The minimum absolute atomic E-state index is 0.0731. The number of rotatable bonds is 4. The molecule has 2 aliphatic heterocycles. The molecule has 0 bridgehead atoms. The largest absolute Gasteiger partial charge is 0.492 e. The number of fused-ring (bicyclic) bond motifs is 4. The number of halogens is 2. The summed E-state index contributed by atoms with van der Waals surface area (Å²) < 4.78 is 39.9. The highest BCUT2D eigenvalue weighted by molar-refractivity contribution is 5.97. The summed E-state index contributed by atoms with van der Waals surface area (Å²) in [5.74, 6) is -0.605. The lowest BCUT2D eigenvalue weighted by Crippen LogP contribution is -2.14. The van der Waals surface area contributed by atoms with Crippen LogP contribution in [0.1, 0.15) is 60.3 Å². The first-order valence-corrected chi connectivity index (χ1v) is 12.1. The Kier molecular flexibility index (Phi) is 5.18. The molecule has 2 N–H and O–H groups in total. The SMILES string of the molecule is Cc1nc(N[C@H](C)c2cccc3c2OCC3(F)F)c2cc(C3=CCC(O)CC3)c3c(c2n1)CCO3. The van der Waals surface area contributed by atoms with Crippen molar-refractivity contribution in [1.82, 2.24) is 9.97 Å². The summed E-state index contributed by atoms with van der Waals surface area (Å²) in [6.07, 6.45) is 4.66. The zero-order valence-corrected chi connectivity index (χ0v) is 19.7. The van der Waals surface area contributed by atoms with E-state index in [9.17, 15) is 13.9 Å². The van der Waals surface area contributed by atoms with Crippen molar-refractivity contribution in [3.05, 3.63) is 58.4 Å². The van der Waals surface area contributed by atoms with E-state index in [1.54, 1.807) is 6.07 Å². The molecule has 8 heteroatoms. The molecule has 1 unspecified atom stereocenters. The van der Waals surface area contributed by atoms with E-state index in [1.165, 1.54) is 6.07 Å². The molecule has 6 rings (SSSR count). The fourth-order valence-corrected chi connectivity index (χ4v) is 5.36. The first-order chi connectivity index (χ1) is 16.8. The molecule has 0 radical (unpaired) electrons. The van der Waals surface area contributed by atoms with Gasteiger partial charge in [-0.15, -0.1) is 0 Å². The lowest BCUT2D eigenvalue weighted by atomic mass is 9.89. The van der Waals surface area contributed by atoms with Crippen LogP contribution in [0.4, 0.5) is 14.6 Å². The molecule has 0 fully saturated rings. The van der Waals surface area contributed by atoms with Crippen molar-refractivity contribution in [2.75, 3.05) is 18.5 Å². The maximum absolute atomic E-state index is 14.2. The Morgan fingerprint density at radius 2 is 2.03 bits per heavy atom. The molecule has 0 saturated heterocycles. The molecular formula is C27H27F2N3O3. The molecule has 3 aromatic rings. The van der Waals surface area contributed by atoms with Gasteiger partial charge in [0.15, 0.2) is 6.61 Å². The lowest BCUT2D eigenvalue weighted by molar-refractivity contribution is -0.0214. The molecular weight excluding hydrogens is 452 g/mol. The number of anilines is 1. The van der Waals surface area contributed by atoms with Gasteiger partial charge in [0.25, 0.3) is 0 Å². The number of hydrogen-bond donors (Lipinski definition) is 2. The number of aryl methyl sites for hydroxylation is 1. The van der Waals surface area contributed by atoms with E-state index in [2.05, 4.69) is 17.5 Å². The van der Waals surface area contributed by atoms with E-state index in [0.29, 0.717) is 30.2 Å². The molecule has 0 amide bonds. The van der Waals surface area contributed by atoms with E-state index in [-0.39, 0.29) is 23.5 Å². The molecule has 0 saturated carbocycles. The van der Waals surface area contributed by atoms with E-state index < -0.39 is 12.5 Å². The second-order valence-corrected chi connectivity index (χ2v) is 9.59. The van der Waals surface area contributed by atoms with Gasteiger partial charge in [-0.05, 0) is 50.8 Å². The minimum Gasteiger partial charge on any atom is -0.492 e. The fraction of sp³-hybridized carbons (Fsp3) is 0.407. The van der Waals surface area contributed by atoms with Crippen LogP contribution in [0.3, 0.4) is 0 Å². The van der Waals surface area contributed by atoms with Gasteiger partial charge in [0.05, 0.1) is 29.8 Å². The van der Waals surface area contributed by atoms with Gasteiger partial charge >= 0.3 is 5.92 Å². The summed E-state index contributed by atoms with van der Waals surface area (Å²) in [5, 5.41) is 14.3. The third-order valence-electron chi connectivity index (χ3n) is 7.14. The Morgan fingerprint density at radius 1 is 1.17 bits per heavy atom. The van der Waals surface area contributed by atoms with Crippen molar-refractivity contribution in [3.8, 4) is 11.5 Å². The summed E-state index contributed by atoms with van der Waals surface area (Å²) in [4.78, 5) is 9.45. The molecule has 1 aliphatic carbocycles. The number of aliphatic hydroxyl groups excluding tert-OH is 1. The van der Waals surface area contributed by atoms with Crippen LogP contribution in [0.2, 0.25) is 0 Å². The number of ether oxygens (including phenoxy) is 2. The highest BCUT2D eigenvalue weighted by Gasteiger charge is 2.43. The van der Waals surface area contributed by atoms with Crippen LogP contribution in [0, 0.1) is 6.92 Å². The van der Waals surface area contributed by atoms with Gasteiger partial charge in [-0.1, -0.05) is 18.2 Å². The van der Waals surface area contributed by atoms with Gasteiger partial charge < -0.3 is 19.9 Å². The molecule has 1 aromatic heterocycles. The van der Waals surface area contributed by atoms with E-state index in [1.807, 2.05) is 19.9 Å². The normalized spacial score (nSPS) is 21.1. The monoisotopic (exact) mass is 479 g/mol. The van der Waals surface area contributed by atoms with Gasteiger partial charge in [0.1, 0.15) is 23.1 Å². The van der Waals surface area contributed by atoms with Crippen molar-refractivity contribution >= 4 is 22.3 Å². The number of nitrogens with one attached hydrogen (secondary N) is 1. The van der Waals surface area contributed by atoms with Crippen LogP contribution in [0.5, 0.6) is 11.5 Å².